The smallest absolute Gasteiger partial charge is 0.214 e. The monoisotopic (exact) mass is 501 g/mol. The van der Waals surface area contributed by atoms with Gasteiger partial charge in [0, 0.05) is 18.7 Å². The van der Waals surface area contributed by atoms with Crippen LogP contribution >= 0.6 is 15.9 Å². The van der Waals surface area contributed by atoms with Crippen LogP contribution in [-0.2, 0) is 0 Å². The molecule has 1 aliphatic heterocycles. The molecular formula is C25H29BrFN3O2. The summed E-state index contributed by atoms with van der Waals surface area (Å²) in [5, 5.41) is 3.95. The molecule has 1 aromatic carbocycles. The normalized spacial score (nSPS) is 16.9. The van der Waals surface area contributed by atoms with E-state index < -0.39 is 5.95 Å². The number of rotatable bonds is 4. The minimum Gasteiger partial charge on any atom is -0.440 e. The van der Waals surface area contributed by atoms with Crippen LogP contribution in [0, 0.1) is 25.2 Å². The highest BCUT2D eigenvalue weighted by Gasteiger charge is 2.28. The van der Waals surface area contributed by atoms with E-state index in [-0.39, 0.29) is 11.5 Å². The van der Waals surface area contributed by atoms with Crippen molar-refractivity contribution in [2.75, 3.05) is 23.3 Å². The van der Waals surface area contributed by atoms with Crippen LogP contribution in [0.1, 0.15) is 56.3 Å². The zero-order chi connectivity index (χ0) is 23.2. The van der Waals surface area contributed by atoms with Gasteiger partial charge in [0.25, 0.3) is 0 Å². The van der Waals surface area contributed by atoms with Gasteiger partial charge < -0.3 is 14.6 Å². The van der Waals surface area contributed by atoms with Gasteiger partial charge in [0.2, 0.25) is 11.8 Å². The molecule has 0 saturated carbocycles. The number of benzene rings is 1. The third-order valence-corrected chi connectivity index (χ3v) is 7.03. The van der Waals surface area contributed by atoms with Crippen LogP contribution in [0.4, 0.5) is 16.0 Å². The number of nitrogens with zero attached hydrogens (tertiary/aromatic N) is 2. The minimum atomic E-state index is -0.549. The van der Waals surface area contributed by atoms with Gasteiger partial charge in [0.05, 0.1) is 22.7 Å². The van der Waals surface area contributed by atoms with E-state index in [0.717, 1.165) is 37.1 Å². The SMILES string of the molecule is Cc1cc(C(C)Nc2ccc(F)nc2Br)c2oc(N3CCC(C)(C)CC3)c(C)c(=O)c2c1. The van der Waals surface area contributed by atoms with E-state index in [2.05, 4.69) is 45.0 Å². The van der Waals surface area contributed by atoms with Gasteiger partial charge in [-0.25, -0.2) is 4.98 Å². The Morgan fingerprint density at radius 2 is 1.91 bits per heavy atom. The van der Waals surface area contributed by atoms with E-state index >= 15 is 0 Å². The standard InChI is InChI=1S/C25H29BrFN3O2/c1-14-12-17(16(3)28-19-6-7-20(27)29-23(19)26)22-18(13-14)21(31)15(2)24(32-22)30-10-8-25(4,5)9-11-30/h6-7,12-13,16,28H,8-11H2,1-5H3. The van der Waals surface area contributed by atoms with E-state index in [1.165, 1.54) is 6.07 Å². The van der Waals surface area contributed by atoms with E-state index in [1.54, 1.807) is 6.07 Å². The van der Waals surface area contributed by atoms with Crippen LogP contribution in [0.3, 0.4) is 0 Å². The Kier molecular flexibility index (Phi) is 6.05. The highest BCUT2D eigenvalue weighted by atomic mass is 79.9. The number of pyridine rings is 1. The molecular weight excluding hydrogens is 473 g/mol. The van der Waals surface area contributed by atoms with E-state index in [9.17, 15) is 9.18 Å². The summed E-state index contributed by atoms with van der Waals surface area (Å²) in [5.74, 6) is 0.117. The molecule has 3 heterocycles. The number of nitrogens with one attached hydrogen (secondary N) is 1. The van der Waals surface area contributed by atoms with Gasteiger partial charge >= 0.3 is 0 Å². The predicted molar refractivity (Wildman–Crippen MR) is 131 cm³/mol. The minimum absolute atomic E-state index is 0.00728. The lowest BCUT2D eigenvalue weighted by Crippen LogP contribution is -2.38. The zero-order valence-corrected chi connectivity index (χ0v) is 20.8. The van der Waals surface area contributed by atoms with Crippen molar-refractivity contribution in [2.24, 2.45) is 5.41 Å². The topological polar surface area (TPSA) is 58.4 Å². The fourth-order valence-electron chi connectivity index (χ4n) is 4.33. The third kappa shape index (κ3) is 4.40. The van der Waals surface area contributed by atoms with Gasteiger partial charge in [-0.2, -0.15) is 4.39 Å². The number of hydrogen-bond donors (Lipinski definition) is 1. The van der Waals surface area contributed by atoms with Crippen molar-refractivity contribution in [3.8, 4) is 0 Å². The van der Waals surface area contributed by atoms with Crippen LogP contribution in [0.5, 0.6) is 0 Å². The molecule has 3 aromatic rings. The lowest BCUT2D eigenvalue weighted by atomic mass is 9.82. The Hall–Kier alpha value is -2.41. The highest BCUT2D eigenvalue weighted by molar-refractivity contribution is 9.10. The van der Waals surface area contributed by atoms with Gasteiger partial charge in [-0.3, -0.25) is 4.79 Å². The van der Waals surface area contributed by atoms with E-state index in [1.807, 2.05) is 32.9 Å². The molecule has 1 saturated heterocycles. The maximum absolute atomic E-state index is 13.4. The largest absolute Gasteiger partial charge is 0.440 e. The molecule has 1 aliphatic rings. The van der Waals surface area contributed by atoms with E-state index in [4.69, 9.17) is 4.42 Å². The maximum Gasteiger partial charge on any atom is 0.214 e. The first-order valence-electron chi connectivity index (χ1n) is 11.0. The molecule has 1 fully saturated rings. The molecule has 4 rings (SSSR count). The molecule has 0 bridgehead atoms. The third-order valence-electron chi connectivity index (χ3n) is 6.42. The summed E-state index contributed by atoms with van der Waals surface area (Å²) in [6.07, 6.45) is 2.11. The lowest BCUT2D eigenvalue weighted by Gasteiger charge is -2.37. The van der Waals surface area contributed by atoms with Gasteiger partial charge in [0.1, 0.15) is 10.2 Å². The average molecular weight is 502 g/mol. The summed E-state index contributed by atoms with van der Waals surface area (Å²) in [5.41, 5.74) is 4.09. The molecule has 170 valence electrons. The number of aromatic nitrogens is 1. The molecule has 0 radical (unpaired) electrons. The number of hydrogen-bond acceptors (Lipinski definition) is 5. The van der Waals surface area contributed by atoms with Crippen molar-refractivity contribution < 1.29 is 8.81 Å². The summed E-state index contributed by atoms with van der Waals surface area (Å²) in [6.45, 7) is 12.1. The van der Waals surface area contributed by atoms with Crippen molar-refractivity contribution in [2.45, 2.75) is 53.5 Å². The van der Waals surface area contributed by atoms with Gasteiger partial charge in [-0.1, -0.05) is 19.9 Å². The first kappa shape index (κ1) is 22.8. The predicted octanol–water partition coefficient (Wildman–Crippen LogP) is 6.51. The average Bonchev–Trinajstić information content (AvgIpc) is 2.73. The maximum atomic E-state index is 13.4. The summed E-state index contributed by atoms with van der Waals surface area (Å²) in [7, 11) is 0. The second kappa shape index (κ2) is 8.50. The van der Waals surface area contributed by atoms with Crippen LogP contribution in [-0.4, -0.2) is 18.1 Å². The van der Waals surface area contributed by atoms with Crippen LogP contribution in [0.2, 0.25) is 0 Å². The Bertz CT molecular complexity index is 1230. The molecule has 0 spiro atoms. The van der Waals surface area contributed by atoms with Crippen molar-refractivity contribution in [3.05, 3.63) is 61.7 Å². The van der Waals surface area contributed by atoms with Crippen molar-refractivity contribution >= 4 is 38.5 Å². The second-order valence-electron chi connectivity index (χ2n) is 9.58. The van der Waals surface area contributed by atoms with E-state index in [0.29, 0.717) is 38.1 Å². The Morgan fingerprint density at radius 3 is 2.56 bits per heavy atom. The van der Waals surface area contributed by atoms with Crippen LogP contribution in [0.15, 0.2) is 38.1 Å². The second-order valence-corrected chi connectivity index (χ2v) is 10.3. The van der Waals surface area contributed by atoms with Crippen LogP contribution in [0.25, 0.3) is 11.0 Å². The Labute approximate surface area is 196 Å². The molecule has 1 unspecified atom stereocenters. The summed E-state index contributed by atoms with van der Waals surface area (Å²) >= 11 is 3.31. The molecule has 2 aromatic heterocycles. The van der Waals surface area contributed by atoms with Gasteiger partial charge in [0.15, 0.2) is 5.43 Å². The molecule has 5 nitrogen and oxygen atoms in total. The fraction of sp³-hybridized carbons (Fsp3) is 0.440. The molecule has 0 amide bonds. The quantitative estimate of drug-likeness (QED) is 0.413. The molecule has 32 heavy (non-hydrogen) atoms. The van der Waals surface area contributed by atoms with Crippen molar-refractivity contribution in [3.63, 3.8) is 0 Å². The number of anilines is 2. The van der Waals surface area contributed by atoms with Crippen LogP contribution < -0.4 is 15.6 Å². The molecule has 0 aliphatic carbocycles. The number of halogens is 2. The first-order chi connectivity index (χ1) is 15.1. The Morgan fingerprint density at radius 1 is 1.22 bits per heavy atom. The fourth-order valence-corrected chi connectivity index (χ4v) is 4.74. The molecule has 1 N–H and O–H groups in total. The summed E-state index contributed by atoms with van der Waals surface area (Å²) < 4.78 is 20.3. The molecule has 7 heteroatoms. The summed E-state index contributed by atoms with van der Waals surface area (Å²) in [6, 6.07) is 6.69. The number of aryl methyl sites for hydroxylation is 1. The van der Waals surface area contributed by atoms with Gasteiger partial charge in [-0.15, -0.1) is 0 Å². The highest BCUT2D eigenvalue weighted by Crippen LogP contribution is 2.36. The van der Waals surface area contributed by atoms with Gasteiger partial charge in [-0.05, 0) is 78.7 Å². The van der Waals surface area contributed by atoms with Crippen molar-refractivity contribution in [1.29, 1.82) is 0 Å². The molecule has 1 atom stereocenters. The number of piperidine rings is 1. The zero-order valence-electron chi connectivity index (χ0n) is 19.2. The van der Waals surface area contributed by atoms with Crippen molar-refractivity contribution in [1.82, 2.24) is 4.98 Å². The Balaban J connectivity index is 1.78. The number of fused-ring (bicyclic) bond motifs is 1. The lowest BCUT2D eigenvalue weighted by molar-refractivity contribution is 0.274. The first-order valence-corrected chi connectivity index (χ1v) is 11.8. The summed E-state index contributed by atoms with van der Waals surface area (Å²) in [4.78, 5) is 19.3.